The van der Waals surface area contributed by atoms with Gasteiger partial charge >= 0.3 is 0 Å². The van der Waals surface area contributed by atoms with Crippen LogP contribution < -0.4 is 0 Å². The Labute approximate surface area is 62.3 Å². The smallest absolute Gasteiger partial charge is 0.180 e. The first-order valence-electron chi connectivity index (χ1n) is 4.00. The molecule has 58 valence electrons. The second kappa shape index (κ2) is 3.59. The lowest BCUT2D eigenvalue weighted by molar-refractivity contribution is 0.307. The van der Waals surface area contributed by atoms with Gasteiger partial charge < -0.3 is 4.74 Å². The van der Waals surface area contributed by atoms with Crippen molar-refractivity contribution in [3.63, 3.8) is 0 Å². The summed E-state index contributed by atoms with van der Waals surface area (Å²) in [5.74, 6) is 0.862. The fraction of sp³-hybridized carbons (Fsp3) is 0.875. The van der Waals surface area contributed by atoms with Crippen LogP contribution in [-0.4, -0.2) is 18.5 Å². The van der Waals surface area contributed by atoms with E-state index < -0.39 is 0 Å². The quantitative estimate of drug-likeness (QED) is 0.589. The molecule has 0 aromatic heterocycles. The minimum absolute atomic E-state index is 0.458. The van der Waals surface area contributed by atoms with Crippen molar-refractivity contribution in [1.29, 1.82) is 0 Å². The molecule has 0 radical (unpaired) electrons. The number of ether oxygens (including phenoxy) is 1. The lowest BCUT2D eigenvalue weighted by Crippen LogP contribution is -2.05. The minimum Gasteiger partial charge on any atom is -0.479 e. The van der Waals surface area contributed by atoms with Crippen molar-refractivity contribution in [3.8, 4) is 0 Å². The predicted molar refractivity (Wildman–Crippen MR) is 42.4 cm³/mol. The van der Waals surface area contributed by atoms with Crippen LogP contribution in [0.3, 0.4) is 0 Å². The number of rotatable bonds is 3. The maximum atomic E-state index is 5.21. The van der Waals surface area contributed by atoms with Crippen molar-refractivity contribution in [1.82, 2.24) is 0 Å². The molecule has 2 heteroatoms. The van der Waals surface area contributed by atoms with Crippen LogP contribution >= 0.6 is 0 Å². The van der Waals surface area contributed by atoms with E-state index in [0.717, 1.165) is 12.5 Å². The van der Waals surface area contributed by atoms with Gasteiger partial charge in [0.15, 0.2) is 5.90 Å². The molecule has 0 spiro atoms. The third kappa shape index (κ3) is 2.01. The van der Waals surface area contributed by atoms with Crippen molar-refractivity contribution in [2.45, 2.75) is 39.2 Å². The molecule has 1 atom stereocenters. The van der Waals surface area contributed by atoms with Crippen molar-refractivity contribution in [2.24, 2.45) is 4.99 Å². The van der Waals surface area contributed by atoms with Crippen LogP contribution in [0.1, 0.15) is 33.1 Å². The van der Waals surface area contributed by atoms with E-state index in [-0.39, 0.29) is 0 Å². The highest BCUT2D eigenvalue weighted by molar-refractivity contribution is 5.74. The van der Waals surface area contributed by atoms with Crippen LogP contribution in [0.15, 0.2) is 4.99 Å². The van der Waals surface area contributed by atoms with Gasteiger partial charge in [-0.25, -0.2) is 4.99 Å². The molecule has 0 aliphatic carbocycles. The normalized spacial score (nSPS) is 24.2. The van der Waals surface area contributed by atoms with Crippen molar-refractivity contribution >= 4 is 5.90 Å². The highest BCUT2D eigenvalue weighted by Gasteiger charge is 2.13. The van der Waals surface area contributed by atoms with Crippen LogP contribution in [0.25, 0.3) is 0 Å². The Morgan fingerprint density at radius 2 is 2.50 bits per heavy atom. The van der Waals surface area contributed by atoms with E-state index in [2.05, 4.69) is 11.9 Å². The first-order valence-corrected chi connectivity index (χ1v) is 4.00. The average Bonchev–Trinajstić information content (AvgIpc) is 2.31. The fourth-order valence-corrected chi connectivity index (χ4v) is 1.14. The molecule has 0 aromatic carbocycles. The Bertz CT molecular complexity index is 131. The number of hydrogen-bond acceptors (Lipinski definition) is 2. The summed E-state index contributed by atoms with van der Waals surface area (Å²) < 4.78 is 5.21. The first kappa shape index (κ1) is 7.58. The Kier molecular flexibility index (Phi) is 2.72. The largest absolute Gasteiger partial charge is 0.479 e. The Morgan fingerprint density at radius 1 is 1.70 bits per heavy atom. The predicted octanol–water partition coefficient (Wildman–Crippen LogP) is 1.99. The molecule has 0 amide bonds. The zero-order valence-electron chi connectivity index (χ0n) is 6.76. The van der Waals surface area contributed by atoms with Gasteiger partial charge in [-0.2, -0.15) is 0 Å². The maximum Gasteiger partial charge on any atom is 0.180 e. The second-order valence-electron chi connectivity index (χ2n) is 2.76. The fourth-order valence-electron chi connectivity index (χ4n) is 1.14. The van der Waals surface area contributed by atoms with Gasteiger partial charge in [-0.3, -0.25) is 0 Å². The first-order chi connectivity index (χ1) is 4.83. The van der Waals surface area contributed by atoms with E-state index >= 15 is 0 Å². The molecule has 0 bridgehead atoms. The SMILES string of the molecule is CCCCC1COC(C)=N1. The van der Waals surface area contributed by atoms with Gasteiger partial charge in [-0.15, -0.1) is 0 Å². The summed E-state index contributed by atoms with van der Waals surface area (Å²) in [4.78, 5) is 4.32. The summed E-state index contributed by atoms with van der Waals surface area (Å²) in [5, 5.41) is 0. The number of hydrogen-bond donors (Lipinski definition) is 0. The second-order valence-corrected chi connectivity index (χ2v) is 2.76. The van der Waals surface area contributed by atoms with Crippen LogP contribution in [0.4, 0.5) is 0 Å². The summed E-state index contributed by atoms with van der Waals surface area (Å²) in [6.07, 6.45) is 3.71. The molecule has 0 N–H and O–H groups in total. The summed E-state index contributed by atoms with van der Waals surface area (Å²) in [6, 6.07) is 0.458. The maximum absolute atomic E-state index is 5.21. The average molecular weight is 141 g/mol. The molecule has 1 aliphatic rings. The van der Waals surface area contributed by atoms with Crippen LogP contribution in [0, 0.1) is 0 Å². The molecular formula is C8H15NO. The van der Waals surface area contributed by atoms with Crippen LogP contribution in [0.5, 0.6) is 0 Å². The topological polar surface area (TPSA) is 21.6 Å². The molecule has 10 heavy (non-hydrogen) atoms. The molecule has 1 aliphatic heterocycles. The lowest BCUT2D eigenvalue weighted by atomic mass is 10.1. The number of nitrogens with zero attached hydrogens (tertiary/aromatic N) is 1. The zero-order chi connectivity index (χ0) is 7.40. The van der Waals surface area contributed by atoms with Gasteiger partial charge in [-0.1, -0.05) is 19.8 Å². The van der Waals surface area contributed by atoms with E-state index in [1.807, 2.05) is 6.92 Å². The molecule has 0 fully saturated rings. The van der Waals surface area contributed by atoms with E-state index in [4.69, 9.17) is 4.74 Å². The number of aliphatic imine (C=N–C) groups is 1. The molecule has 2 nitrogen and oxygen atoms in total. The third-order valence-electron chi connectivity index (χ3n) is 1.74. The van der Waals surface area contributed by atoms with Crippen molar-refractivity contribution in [2.75, 3.05) is 6.61 Å². The van der Waals surface area contributed by atoms with E-state index in [1.54, 1.807) is 0 Å². The molecule has 0 saturated heterocycles. The van der Waals surface area contributed by atoms with Gasteiger partial charge in [0.05, 0.1) is 6.04 Å². The molecule has 1 heterocycles. The van der Waals surface area contributed by atoms with Gasteiger partial charge in [0, 0.05) is 6.92 Å². The summed E-state index contributed by atoms with van der Waals surface area (Å²) >= 11 is 0. The van der Waals surface area contributed by atoms with Gasteiger partial charge in [-0.05, 0) is 6.42 Å². The van der Waals surface area contributed by atoms with Gasteiger partial charge in [0.1, 0.15) is 6.61 Å². The van der Waals surface area contributed by atoms with Crippen molar-refractivity contribution in [3.05, 3.63) is 0 Å². The molecular weight excluding hydrogens is 126 g/mol. The van der Waals surface area contributed by atoms with Gasteiger partial charge in [0.25, 0.3) is 0 Å². The standard InChI is InChI=1S/C8H15NO/c1-3-4-5-8-6-10-7(2)9-8/h8H,3-6H2,1-2H3. The van der Waals surface area contributed by atoms with Gasteiger partial charge in [0.2, 0.25) is 0 Å². The highest BCUT2D eigenvalue weighted by atomic mass is 16.5. The molecule has 0 aromatic rings. The third-order valence-corrected chi connectivity index (χ3v) is 1.74. The number of unbranched alkanes of at least 4 members (excludes halogenated alkanes) is 1. The summed E-state index contributed by atoms with van der Waals surface area (Å²) in [7, 11) is 0. The van der Waals surface area contributed by atoms with Crippen LogP contribution in [0.2, 0.25) is 0 Å². The van der Waals surface area contributed by atoms with E-state index in [0.29, 0.717) is 6.04 Å². The zero-order valence-corrected chi connectivity index (χ0v) is 6.76. The summed E-state index contributed by atoms with van der Waals surface area (Å²) in [5.41, 5.74) is 0. The van der Waals surface area contributed by atoms with Crippen molar-refractivity contribution < 1.29 is 4.74 Å². The molecule has 0 saturated carbocycles. The van der Waals surface area contributed by atoms with Crippen LogP contribution in [-0.2, 0) is 4.74 Å². The summed E-state index contributed by atoms with van der Waals surface area (Å²) in [6.45, 7) is 4.93. The Balaban J connectivity index is 2.18. The monoisotopic (exact) mass is 141 g/mol. The Hall–Kier alpha value is -0.530. The Morgan fingerprint density at radius 3 is 3.00 bits per heavy atom. The molecule has 1 rings (SSSR count). The van der Waals surface area contributed by atoms with E-state index in [9.17, 15) is 0 Å². The molecule has 1 unspecified atom stereocenters. The van der Waals surface area contributed by atoms with E-state index in [1.165, 1.54) is 19.3 Å². The minimum atomic E-state index is 0.458. The highest BCUT2D eigenvalue weighted by Crippen LogP contribution is 2.10. The lowest BCUT2D eigenvalue weighted by Gasteiger charge is -2.01.